The molecule has 0 aliphatic heterocycles. The molecule has 4 nitrogen and oxygen atoms in total. The number of nitrogens with two attached hydrogens (primary N) is 1. The van der Waals surface area contributed by atoms with E-state index in [9.17, 15) is 4.39 Å². The summed E-state index contributed by atoms with van der Waals surface area (Å²) in [7, 11) is 1.91. The number of aryl methyl sites for hydroxylation is 2. The van der Waals surface area contributed by atoms with Crippen LogP contribution in [0.25, 0.3) is 0 Å². The molecule has 0 aliphatic rings. The normalized spacial score (nSPS) is 12.7. The first kappa shape index (κ1) is 15.2. The van der Waals surface area contributed by atoms with Gasteiger partial charge in [-0.1, -0.05) is 19.1 Å². The Morgan fingerprint density at radius 3 is 2.85 bits per heavy atom. The molecule has 2 rings (SSSR count). The Bertz CT molecular complexity index is 597. The van der Waals surface area contributed by atoms with E-state index in [0.29, 0.717) is 10.9 Å². The highest BCUT2D eigenvalue weighted by Crippen LogP contribution is 2.28. The van der Waals surface area contributed by atoms with Gasteiger partial charge in [0.15, 0.2) is 0 Å². The standard InChI is InChI=1S/C14H18BrFN4/c1-3-9-7-10(20(2)19-9)8-13(18-17)11-5-4-6-12(16)14(11)15/h4-7,13,18H,3,8,17H2,1-2H3. The van der Waals surface area contributed by atoms with E-state index < -0.39 is 0 Å². The van der Waals surface area contributed by atoms with Gasteiger partial charge in [-0.05, 0) is 40.0 Å². The van der Waals surface area contributed by atoms with Gasteiger partial charge in [0.25, 0.3) is 0 Å². The Hall–Kier alpha value is -1.24. The number of halogens is 2. The van der Waals surface area contributed by atoms with Crippen LogP contribution in [0.3, 0.4) is 0 Å². The quantitative estimate of drug-likeness (QED) is 0.649. The number of nitrogens with zero attached hydrogens (tertiary/aromatic N) is 2. The summed E-state index contributed by atoms with van der Waals surface area (Å²) >= 11 is 3.28. The molecule has 0 radical (unpaired) electrons. The van der Waals surface area contributed by atoms with Crippen molar-refractivity contribution in [1.29, 1.82) is 0 Å². The molecule has 1 aromatic heterocycles. The van der Waals surface area contributed by atoms with Gasteiger partial charge in [-0.25, -0.2) is 4.39 Å². The summed E-state index contributed by atoms with van der Waals surface area (Å²) in [6, 6.07) is 6.83. The zero-order chi connectivity index (χ0) is 14.7. The van der Waals surface area contributed by atoms with Crippen LogP contribution in [0.4, 0.5) is 4.39 Å². The maximum atomic E-state index is 13.6. The number of hydrogen-bond acceptors (Lipinski definition) is 3. The van der Waals surface area contributed by atoms with Crippen LogP contribution < -0.4 is 11.3 Å². The molecule has 1 heterocycles. The highest BCUT2D eigenvalue weighted by Gasteiger charge is 2.18. The number of benzene rings is 1. The molecule has 1 aromatic carbocycles. The largest absolute Gasteiger partial charge is 0.272 e. The highest BCUT2D eigenvalue weighted by molar-refractivity contribution is 9.10. The van der Waals surface area contributed by atoms with Crippen LogP contribution in [0, 0.1) is 5.82 Å². The van der Waals surface area contributed by atoms with Gasteiger partial charge in [0, 0.05) is 19.2 Å². The molecule has 0 saturated carbocycles. The molecule has 0 fully saturated rings. The summed E-state index contributed by atoms with van der Waals surface area (Å²) in [5, 5.41) is 4.41. The van der Waals surface area contributed by atoms with Gasteiger partial charge in [-0.2, -0.15) is 5.10 Å². The molecule has 20 heavy (non-hydrogen) atoms. The molecule has 2 aromatic rings. The van der Waals surface area contributed by atoms with Crippen LogP contribution in [0.2, 0.25) is 0 Å². The van der Waals surface area contributed by atoms with Gasteiger partial charge < -0.3 is 0 Å². The molecule has 0 saturated heterocycles. The van der Waals surface area contributed by atoms with Crippen LogP contribution in [0.15, 0.2) is 28.7 Å². The average Bonchev–Trinajstić information content (AvgIpc) is 2.80. The summed E-state index contributed by atoms with van der Waals surface area (Å²) in [5.74, 6) is 5.35. The number of rotatable bonds is 5. The lowest BCUT2D eigenvalue weighted by Crippen LogP contribution is -2.30. The molecule has 6 heteroatoms. The van der Waals surface area contributed by atoms with E-state index in [-0.39, 0.29) is 11.9 Å². The third-order valence-electron chi connectivity index (χ3n) is 3.36. The Balaban J connectivity index is 2.28. The van der Waals surface area contributed by atoms with E-state index in [1.54, 1.807) is 6.07 Å². The first-order valence-corrected chi connectivity index (χ1v) is 7.28. The zero-order valence-corrected chi connectivity index (χ0v) is 13.1. The molecular formula is C14H18BrFN4. The SMILES string of the molecule is CCc1cc(CC(NN)c2cccc(F)c2Br)n(C)n1. The Morgan fingerprint density at radius 2 is 2.25 bits per heavy atom. The van der Waals surface area contributed by atoms with Gasteiger partial charge in [0.05, 0.1) is 16.2 Å². The lowest BCUT2D eigenvalue weighted by molar-refractivity contribution is 0.521. The lowest BCUT2D eigenvalue weighted by Gasteiger charge is -2.18. The van der Waals surface area contributed by atoms with Gasteiger partial charge in [-0.15, -0.1) is 0 Å². The Morgan fingerprint density at radius 1 is 1.50 bits per heavy atom. The van der Waals surface area contributed by atoms with Crippen molar-refractivity contribution < 1.29 is 4.39 Å². The molecule has 0 spiro atoms. The topological polar surface area (TPSA) is 55.9 Å². The molecule has 0 aliphatic carbocycles. The highest BCUT2D eigenvalue weighted by atomic mass is 79.9. The Labute approximate surface area is 126 Å². The zero-order valence-electron chi connectivity index (χ0n) is 11.5. The van der Waals surface area contributed by atoms with Crippen molar-refractivity contribution in [3.63, 3.8) is 0 Å². The summed E-state index contributed by atoms with van der Waals surface area (Å²) < 4.78 is 15.9. The fourth-order valence-electron chi connectivity index (χ4n) is 2.19. The van der Waals surface area contributed by atoms with E-state index in [2.05, 4.69) is 39.4 Å². The predicted octanol–water partition coefficient (Wildman–Crippen LogP) is 2.63. The third kappa shape index (κ3) is 3.08. The van der Waals surface area contributed by atoms with Crippen molar-refractivity contribution in [1.82, 2.24) is 15.2 Å². The number of hydrazine groups is 1. The second-order valence-corrected chi connectivity index (χ2v) is 5.46. The smallest absolute Gasteiger partial charge is 0.137 e. The van der Waals surface area contributed by atoms with Crippen LogP contribution in [0.1, 0.15) is 29.9 Å². The second-order valence-electron chi connectivity index (χ2n) is 4.67. The summed E-state index contributed by atoms with van der Waals surface area (Å²) in [6.07, 6.45) is 1.53. The van der Waals surface area contributed by atoms with Crippen LogP contribution in [-0.2, 0) is 19.9 Å². The van der Waals surface area contributed by atoms with E-state index in [0.717, 1.165) is 23.4 Å². The van der Waals surface area contributed by atoms with E-state index in [1.165, 1.54) is 6.07 Å². The fourth-order valence-corrected chi connectivity index (χ4v) is 2.73. The first-order chi connectivity index (χ1) is 9.56. The molecular weight excluding hydrogens is 323 g/mol. The molecule has 1 atom stereocenters. The fraction of sp³-hybridized carbons (Fsp3) is 0.357. The minimum absolute atomic E-state index is 0.180. The van der Waals surface area contributed by atoms with Crippen molar-refractivity contribution in [3.05, 3.63) is 51.5 Å². The Kier molecular flexibility index (Phi) is 4.91. The van der Waals surface area contributed by atoms with Crippen LogP contribution in [-0.4, -0.2) is 9.78 Å². The van der Waals surface area contributed by atoms with E-state index in [1.807, 2.05) is 17.8 Å². The average molecular weight is 341 g/mol. The number of aromatic nitrogens is 2. The van der Waals surface area contributed by atoms with Gasteiger partial charge >= 0.3 is 0 Å². The summed E-state index contributed by atoms with van der Waals surface area (Å²) in [6.45, 7) is 2.06. The number of nitrogens with one attached hydrogen (secondary N) is 1. The molecule has 1 unspecified atom stereocenters. The third-order valence-corrected chi connectivity index (χ3v) is 4.20. The minimum Gasteiger partial charge on any atom is -0.272 e. The van der Waals surface area contributed by atoms with Crippen molar-refractivity contribution in [3.8, 4) is 0 Å². The monoisotopic (exact) mass is 340 g/mol. The number of hydrogen-bond donors (Lipinski definition) is 2. The van der Waals surface area contributed by atoms with Crippen molar-refractivity contribution in [2.45, 2.75) is 25.8 Å². The van der Waals surface area contributed by atoms with Crippen LogP contribution >= 0.6 is 15.9 Å². The van der Waals surface area contributed by atoms with Gasteiger partial charge in [0.2, 0.25) is 0 Å². The summed E-state index contributed by atoms with van der Waals surface area (Å²) in [4.78, 5) is 0. The predicted molar refractivity (Wildman–Crippen MR) is 80.5 cm³/mol. The molecule has 0 amide bonds. The second kappa shape index (κ2) is 6.47. The maximum Gasteiger partial charge on any atom is 0.137 e. The first-order valence-electron chi connectivity index (χ1n) is 6.48. The maximum absolute atomic E-state index is 13.6. The van der Waals surface area contributed by atoms with Crippen molar-refractivity contribution in [2.75, 3.05) is 0 Å². The van der Waals surface area contributed by atoms with Crippen molar-refractivity contribution >= 4 is 15.9 Å². The molecule has 3 N–H and O–H groups in total. The lowest BCUT2D eigenvalue weighted by atomic mass is 10.0. The summed E-state index contributed by atoms with van der Waals surface area (Å²) in [5.41, 5.74) is 5.64. The van der Waals surface area contributed by atoms with Crippen LogP contribution in [0.5, 0.6) is 0 Å². The molecule has 0 bridgehead atoms. The van der Waals surface area contributed by atoms with Gasteiger partial charge in [-0.3, -0.25) is 16.0 Å². The van der Waals surface area contributed by atoms with Gasteiger partial charge in [0.1, 0.15) is 5.82 Å². The van der Waals surface area contributed by atoms with E-state index in [4.69, 9.17) is 5.84 Å². The minimum atomic E-state index is -0.290. The van der Waals surface area contributed by atoms with Crippen molar-refractivity contribution in [2.24, 2.45) is 12.9 Å². The molecule has 108 valence electrons. The van der Waals surface area contributed by atoms with E-state index >= 15 is 0 Å².